The van der Waals surface area contributed by atoms with Crippen molar-refractivity contribution in [2.45, 2.75) is 0 Å². The highest BCUT2D eigenvalue weighted by Gasteiger charge is 2.13. The Morgan fingerprint density at radius 1 is 1.25 bits per heavy atom. The van der Waals surface area contributed by atoms with Crippen LogP contribution in [0.1, 0.15) is 10.4 Å². The Morgan fingerprint density at radius 2 is 1.83 bits per heavy atom. The van der Waals surface area contributed by atoms with Crippen LogP contribution in [0.3, 0.4) is 0 Å². The molecule has 0 aliphatic rings. The minimum Gasteiger partial charge on any atom is -0.266 e. The Kier molecular flexibility index (Phi) is 3.20. The third kappa shape index (κ3) is 2.03. The van der Waals surface area contributed by atoms with E-state index in [1.165, 1.54) is 0 Å². The van der Waals surface area contributed by atoms with Crippen LogP contribution in [0.25, 0.3) is 0 Å². The van der Waals surface area contributed by atoms with E-state index in [2.05, 4.69) is 0 Å². The molecule has 0 aromatic heterocycles. The maximum Gasteiger partial charge on any atom is 0.284 e. The summed E-state index contributed by atoms with van der Waals surface area (Å²) in [6.45, 7) is 0. The van der Waals surface area contributed by atoms with Gasteiger partial charge in [-0.2, -0.15) is 3.94 Å². The van der Waals surface area contributed by atoms with Crippen LogP contribution in [0.15, 0.2) is 24.3 Å². The van der Waals surface area contributed by atoms with E-state index in [1.54, 1.807) is 24.3 Å². The molecule has 2 nitrogen and oxygen atoms in total. The second kappa shape index (κ2) is 3.99. The Labute approximate surface area is 84.9 Å². The average Bonchev–Trinajstić information content (AvgIpc) is 2.04. The highest BCUT2D eigenvalue weighted by molar-refractivity contribution is 6.44. The number of rotatable bonds is 1. The van der Waals surface area contributed by atoms with Gasteiger partial charge in [-0.15, -0.1) is 0 Å². The molecular weight excluding hydrogens is 220 g/mol. The van der Waals surface area contributed by atoms with E-state index in [4.69, 9.17) is 35.2 Å². The summed E-state index contributed by atoms with van der Waals surface area (Å²) in [5, 5.41) is 0.328. The van der Waals surface area contributed by atoms with E-state index in [-0.39, 0.29) is 5.56 Å². The molecule has 64 valence electrons. The lowest BCUT2D eigenvalue weighted by Gasteiger charge is -2.04. The fourth-order valence-corrected chi connectivity index (χ4v) is 1.12. The predicted molar refractivity (Wildman–Crippen MR) is 49.3 cm³/mol. The first kappa shape index (κ1) is 9.65. The molecule has 0 N–H and O–H groups in total. The number of hydrogen-bond donors (Lipinski definition) is 0. The van der Waals surface area contributed by atoms with E-state index in [0.717, 1.165) is 0 Å². The van der Waals surface area contributed by atoms with Gasteiger partial charge >= 0.3 is 0 Å². The molecule has 0 aliphatic heterocycles. The smallest absolute Gasteiger partial charge is 0.266 e. The van der Waals surface area contributed by atoms with Gasteiger partial charge in [0.2, 0.25) is 0 Å². The average molecular weight is 224 g/mol. The summed E-state index contributed by atoms with van der Waals surface area (Å²) in [4.78, 5) is 11.1. The number of amides is 1. The van der Waals surface area contributed by atoms with Crippen LogP contribution in [-0.4, -0.2) is 9.85 Å². The summed E-state index contributed by atoms with van der Waals surface area (Å²) in [5.41, 5.74) is 0.282. The highest BCUT2D eigenvalue weighted by atomic mass is 35.5. The topological polar surface area (TPSA) is 20.3 Å². The Morgan fingerprint density at radius 3 is 2.33 bits per heavy atom. The number of hydrogen-bond acceptors (Lipinski definition) is 1. The Hall–Kier alpha value is -0.440. The number of nitrogens with zero attached hydrogens (tertiary/aromatic N) is 1. The van der Waals surface area contributed by atoms with Gasteiger partial charge in [0, 0.05) is 23.6 Å². The van der Waals surface area contributed by atoms with Crippen molar-refractivity contribution in [1.82, 2.24) is 3.94 Å². The molecule has 0 spiro atoms. The molecule has 0 saturated carbocycles. The van der Waals surface area contributed by atoms with Crippen LogP contribution in [0.4, 0.5) is 0 Å². The molecule has 0 saturated heterocycles. The molecule has 0 fully saturated rings. The summed E-state index contributed by atoms with van der Waals surface area (Å²) in [5.74, 6) is -0.538. The van der Waals surface area contributed by atoms with Gasteiger partial charge in [0.05, 0.1) is 10.6 Å². The fourth-order valence-electron chi connectivity index (χ4n) is 0.726. The van der Waals surface area contributed by atoms with Gasteiger partial charge in [-0.3, -0.25) is 4.79 Å². The largest absolute Gasteiger partial charge is 0.284 e. The van der Waals surface area contributed by atoms with Crippen LogP contribution in [0.2, 0.25) is 5.02 Å². The number of carbonyl (C=O) groups excluding carboxylic acids is 1. The maximum absolute atomic E-state index is 11.1. The molecule has 0 heterocycles. The number of halogens is 3. The van der Waals surface area contributed by atoms with Crippen molar-refractivity contribution in [3.05, 3.63) is 34.9 Å². The second-order valence-electron chi connectivity index (χ2n) is 2.02. The molecule has 0 radical (unpaired) electrons. The minimum absolute atomic E-state index is 0.282. The number of carbonyl (C=O) groups is 1. The first-order chi connectivity index (χ1) is 5.63. The zero-order valence-electron chi connectivity index (χ0n) is 5.80. The first-order valence-corrected chi connectivity index (χ1v) is 4.09. The van der Waals surface area contributed by atoms with Gasteiger partial charge in [0.1, 0.15) is 0 Å². The molecule has 0 bridgehead atoms. The molecule has 5 heteroatoms. The quantitative estimate of drug-likeness (QED) is 0.671. The van der Waals surface area contributed by atoms with Gasteiger partial charge in [0.25, 0.3) is 5.91 Å². The normalized spacial score (nSPS) is 9.58. The van der Waals surface area contributed by atoms with Crippen LogP contribution < -0.4 is 0 Å². The van der Waals surface area contributed by atoms with E-state index in [1.807, 2.05) is 0 Å². The van der Waals surface area contributed by atoms with Crippen molar-refractivity contribution in [1.29, 1.82) is 0 Å². The SMILES string of the molecule is O=C(c1ccccc1Cl)N(Cl)Cl. The molecule has 0 aliphatic carbocycles. The monoisotopic (exact) mass is 223 g/mol. The molecule has 1 rings (SSSR count). The van der Waals surface area contributed by atoms with Crippen molar-refractivity contribution in [2.75, 3.05) is 0 Å². The van der Waals surface area contributed by atoms with Crippen molar-refractivity contribution < 1.29 is 4.79 Å². The van der Waals surface area contributed by atoms with E-state index in [9.17, 15) is 4.79 Å². The molecule has 1 aromatic rings. The van der Waals surface area contributed by atoms with Crippen molar-refractivity contribution in [3.63, 3.8) is 0 Å². The van der Waals surface area contributed by atoms with Crippen LogP contribution in [0, 0.1) is 0 Å². The molecule has 12 heavy (non-hydrogen) atoms. The van der Waals surface area contributed by atoms with Crippen molar-refractivity contribution in [3.8, 4) is 0 Å². The zero-order chi connectivity index (χ0) is 9.14. The molecule has 1 aromatic carbocycles. The maximum atomic E-state index is 11.1. The lowest BCUT2D eigenvalue weighted by atomic mass is 10.2. The van der Waals surface area contributed by atoms with Gasteiger partial charge < -0.3 is 0 Å². The van der Waals surface area contributed by atoms with Gasteiger partial charge in [0.15, 0.2) is 0 Å². The van der Waals surface area contributed by atoms with Gasteiger partial charge in [-0.1, -0.05) is 23.7 Å². The summed E-state index contributed by atoms with van der Waals surface area (Å²) < 4.78 is 0.446. The first-order valence-electron chi connectivity index (χ1n) is 3.03. The summed E-state index contributed by atoms with van der Waals surface area (Å²) in [7, 11) is 0. The lowest BCUT2D eigenvalue weighted by molar-refractivity contribution is 0.0924. The fraction of sp³-hybridized carbons (Fsp3) is 0. The van der Waals surface area contributed by atoms with Crippen LogP contribution >= 0.6 is 35.2 Å². The lowest BCUT2D eigenvalue weighted by Crippen LogP contribution is -2.11. The predicted octanol–water partition coefficient (Wildman–Crippen LogP) is 3.09. The van der Waals surface area contributed by atoms with Crippen molar-refractivity contribution >= 4 is 41.1 Å². The molecule has 1 amide bonds. The van der Waals surface area contributed by atoms with Gasteiger partial charge in [-0.05, 0) is 12.1 Å². The molecule has 0 unspecified atom stereocenters. The third-order valence-electron chi connectivity index (χ3n) is 1.26. The standard InChI is InChI=1S/C7H4Cl3NO/c8-6-4-2-1-3-5(6)7(12)11(9)10/h1-4H. The Bertz CT molecular complexity index is 300. The van der Waals surface area contributed by atoms with E-state index < -0.39 is 5.91 Å². The highest BCUT2D eigenvalue weighted by Crippen LogP contribution is 2.18. The van der Waals surface area contributed by atoms with Gasteiger partial charge in [-0.25, -0.2) is 0 Å². The zero-order valence-corrected chi connectivity index (χ0v) is 8.07. The second-order valence-corrected chi connectivity index (χ2v) is 3.27. The summed E-state index contributed by atoms with van der Waals surface area (Å²) >= 11 is 16.1. The molecule has 0 atom stereocenters. The summed E-state index contributed by atoms with van der Waals surface area (Å²) in [6, 6.07) is 6.52. The van der Waals surface area contributed by atoms with E-state index in [0.29, 0.717) is 8.96 Å². The van der Waals surface area contributed by atoms with E-state index >= 15 is 0 Å². The van der Waals surface area contributed by atoms with Crippen LogP contribution in [0.5, 0.6) is 0 Å². The Balaban J connectivity index is 3.03. The van der Waals surface area contributed by atoms with Crippen LogP contribution in [-0.2, 0) is 0 Å². The number of benzene rings is 1. The minimum atomic E-state index is -0.538. The molecular formula is C7H4Cl3NO. The summed E-state index contributed by atoms with van der Waals surface area (Å²) in [6.07, 6.45) is 0. The third-order valence-corrected chi connectivity index (χ3v) is 1.89. The van der Waals surface area contributed by atoms with Crippen molar-refractivity contribution in [2.24, 2.45) is 0 Å².